The van der Waals surface area contributed by atoms with Gasteiger partial charge in [-0.1, -0.05) is 25.4 Å². The second-order valence-corrected chi connectivity index (χ2v) is 5.06. The molecule has 0 unspecified atom stereocenters. The summed E-state index contributed by atoms with van der Waals surface area (Å²) in [4.78, 5) is 0. The van der Waals surface area contributed by atoms with Gasteiger partial charge in [-0.25, -0.2) is 0 Å². The molecule has 0 radical (unpaired) electrons. The Hall–Kier alpha value is -1.68. The van der Waals surface area contributed by atoms with Crippen LogP contribution in [0.4, 0.5) is 5.82 Å². The predicted octanol–water partition coefficient (Wildman–Crippen LogP) is 3.45. The van der Waals surface area contributed by atoms with Crippen molar-refractivity contribution in [2.75, 3.05) is 5.73 Å². The molecule has 2 rings (SSSR count). The van der Waals surface area contributed by atoms with Gasteiger partial charge in [0.2, 0.25) is 0 Å². The Labute approximate surface area is 111 Å². The van der Waals surface area contributed by atoms with Gasteiger partial charge in [-0.3, -0.25) is 5.10 Å². The number of nitrogens with one attached hydrogen (secondary N) is 1. The average Bonchev–Trinajstić information content (AvgIpc) is 2.70. The highest BCUT2D eigenvalue weighted by Crippen LogP contribution is 2.41. The summed E-state index contributed by atoms with van der Waals surface area (Å²) in [6.07, 6.45) is 0. The molecule has 0 atom stereocenters. The Kier molecular flexibility index (Phi) is 3.22. The second kappa shape index (κ2) is 4.53. The maximum absolute atomic E-state index is 10.4. The predicted molar refractivity (Wildman–Crippen MR) is 73.9 cm³/mol. The Morgan fingerprint density at radius 1 is 1.39 bits per heavy atom. The van der Waals surface area contributed by atoms with Crippen LogP contribution in [0.25, 0.3) is 11.3 Å². The summed E-state index contributed by atoms with van der Waals surface area (Å²) >= 11 is 6.22. The normalized spacial score (nSPS) is 11.2. The van der Waals surface area contributed by atoms with Gasteiger partial charge in [-0.2, -0.15) is 5.10 Å². The van der Waals surface area contributed by atoms with E-state index in [0.717, 1.165) is 11.1 Å². The van der Waals surface area contributed by atoms with E-state index in [1.54, 1.807) is 12.1 Å². The molecule has 0 aliphatic rings. The molecule has 18 heavy (non-hydrogen) atoms. The number of benzene rings is 1. The van der Waals surface area contributed by atoms with Gasteiger partial charge >= 0.3 is 0 Å². The molecule has 0 aliphatic carbocycles. The van der Waals surface area contributed by atoms with Crippen molar-refractivity contribution >= 4 is 17.4 Å². The Bertz CT molecular complexity index is 590. The first kappa shape index (κ1) is 12.8. The number of hydrogen-bond acceptors (Lipinski definition) is 3. The molecule has 0 saturated heterocycles. The van der Waals surface area contributed by atoms with Crippen molar-refractivity contribution in [1.82, 2.24) is 10.2 Å². The molecule has 1 aromatic heterocycles. The number of phenols is 1. The minimum atomic E-state index is 0.183. The molecule has 0 saturated carbocycles. The molecular weight excluding hydrogens is 250 g/mol. The Morgan fingerprint density at radius 3 is 2.56 bits per heavy atom. The van der Waals surface area contributed by atoms with E-state index in [1.807, 2.05) is 20.8 Å². The topological polar surface area (TPSA) is 74.9 Å². The van der Waals surface area contributed by atoms with Gasteiger partial charge in [0.25, 0.3) is 0 Å². The summed E-state index contributed by atoms with van der Waals surface area (Å²) in [7, 11) is 0. The first-order valence-corrected chi connectivity index (χ1v) is 6.12. The van der Waals surface area contributed by atoms with Gasteiger partial charge in [0.1, 0.15) is 11.6 Å². The van der Waals surface area contributed by atoms with Crippen LogP contribution in [-0.2, 0) is 0 Å². The number of nitrogens with two attached hydrogens (primary N) is 1. The van der Waals surface area contributed by atoms with Crippen molar-refractivity contribution in [2.45, 2.75) is 26.7 Å². The minimum Gasteiger partial charge on any atom is -0.507 e. The lowest BCUT2D eigenvalue weighted by Gasteiger charge is -2.15. The van der Waals surface area contributed by atoms with Crippen molar-refractivity contribution in [1.29, 1.82) is 0 Å². The van der Waals surface area contributed by atoms with Crippen molar-refractivity contribution in [3.05, 3.63) is 28.3 Å². The fourth-order valence-corrected chi connectivity index (χ4v) is 2.20. The number of rotatable bonds is 2. The van der Waals surface area contributed by atoms with Crippen LogP contribution >= 0.6 is 11.6 Å². The van der Waals surface area contributed by atoms with Crippen LogP contribution in [0.3, 0.4) is 0 Å². The van der Waals surface area contributed by atoms with E-state index in [0.29, 0.717) is 22.1 Å². The standard InChI is InChI=1S/C13H16ClN3O/c1-6(2)8-4-9(14)7(3)12(13(8)18)10-5-11(15)17-16-10/h4-6,18H,1-3H3,(H3,15,16,17). The van der Waals surface area contributed by atoms with E-state index in [-0.39, 0.29) is 11.7 Å². The summed E-state index contributed by atoms with van der Waals surface area (Å²) in [5, 5.41) is 17.7. The zero-order chi connectivity index (χ0) is 13.4. The number of H-pyrrole nitrogens is 1. The molecule has 96 valence electrons. The maximum Gasteiger partial charge on any atom is 0.145 e. The number of anilines is 1. The molecule has 0 fully saturated rings. The number of aromatic amines is 1. The van der Waals surface area contributed by atoms with Gasteiger partial charge in [0, 0.05) is 16.7 Å². The Morgan fingerprint density at radius 2 is 2.06 bits per heavy atom. The number of aromatic hydroxyl groups is 1. The summed E-state index contributed by atoms with van der Waals surface area (Å²) in [6.45, 7) is 5.87. The zero-order valence-corrected chi connectivity index (χ0v) is 11.3. The molecule has 2 aromatic rings. The fourth-order valence-electron chi connectivity index (χ4n) is 1.99. The number of aromatic nitrogens is 2. The molecule has 0 bridgehead atoms. The van der Waals surface area contributed by atoms with Gasteiger partial charge < -0.3 is 10.8 Å². The Balaban J connectivity index is 2.73. The number of hydrogen-bond donors (Lipinski definition) is 3. The molecule has 4 nitrogen and oxygen atoms in total. The van der Waals surface area contributed by atoms with E-state index in [1.165, 1.54) is 0 Å². The average molecular weight is 266 g/mol. The first-order chi connectivity index (χ1) is 8.41. The van der Waals surface area contributed by atoms with Gasteiger partial charge in [-0.15, -0.1) is 0 Å². The van der Waals surface area contributed by atoms with Crippen LogP contribution < -0.4 is 5.73 Å². The lowest BCUT2D eigenvalue weighted by Crippen LogP contribution is -1.95. The molecular formula is C13H16ClN3O. The van der Waals surface area contributed by atoms with E-state index in [4.69, 9.17) is 17.3 Å². The summed E-state index contributed by atoms with van der Waals surface area (Å²) in [5.74, 6) is 0.799. The van der Waals surface area contributed by atoms with Gasteiger partial charge in [-0.05, 0) is 30.0 Å². The SMILES string of the molecule is Cc1c(Cl)cc(C(C)C)c(O)c1-c1cc(N)n[nH]1. The van der Waals surface area contributed by atoms with E-state index < -0.39 is 0 Å². The minimum absolute atomic E-state index is 0.183. The van der Waals surface area contributed by atoms with Crippen LogP contribution in [0.15, 0.2) is 12.1 Å². The quantitative estimate of drug-likeness (QED) is 0.778. The number of phenolic OH excluding ortho intramolecular Hbond substituents is 1. The number of nitrogen functional groups attached to an aromatic ring is 1. The summed E-state index contributed by atoms with van der Waals surface area (Å²) < 4.78 is 0. The van der Waals surface area contributed by atoms with Crippen LogP contribution in [-0.4, -0.2) is 15.3 Å². The largest absolute Gasteiger partial charge is 0.507 e. The second-order valence-electron chi connectivity index (χ2n) is 4.66. The highest BCUT2D eigenvalue weighted by molar-refractivity contribution is 6.32. The lowest BCUT2D eigenvalue weighted by molar-refractivity contribution is 0.466. The molecule has 0 amide bonds. The number of nitrogens with zero attached hydrogens (tertiary/aromatic N) is 1. The smallest absolute Gasteiger partial charge is 0.145 e. The highest BCUT2D eigenvalue weighted by atomic mass is 35.5. The molecule has 4 N–H and O–H groups in total. The first-order valence-electron chi connectivity index (χ1n) is 5.75. The van der Waals surface area contributed by atoms with Crippen LogP contribution in [0.1, 0.15) is 30.9 Å². The molecule has 1 aromatic carbocycles. The van der Waals surface area contributed by atoms with Crippen molar-refractivity contribution in [3.63, 3.8) is 0 Å². The van der Waals surface area contributed by atoms with Crippen LogP contribution in [0, 0.1) is 6.92 Å². The van der Waals surface area contributed by atoms with Crippen molar-refractivity contribution in [2.24, 2.45) is 0 Å². The molecule has 0 spiro atoms. The summed E-state index contributed by atoms with van der Waals surface area (Å²) in [5.41, 5.74) is 8.55. The van der Waals surface area contributed by atoms with Crippen LogP contribution in [0.2, 0.25) is 5.02 Å². The third-order valence-electron chi connectivity index (χ3n) is 3.01. The molecule has 5 heteroatoms. The van der Waals surface area contributed by atoms with Crippen LogP contribution in [0.5, 0.6) is 5.75 Å². The maximum atomic E-state index is 10.4. The van der Waals surface area contributed by atoms with Gasteiger partial charge in [0.05, 0.1) is 5.69 Å². The van der Waals surface area contributed by atoms with E-state index >= 15 is 0 Å². The van der Waals surface area contributed by atoms with Gasteiger partial charge in [0.15, 0.2) is 0 Å². The summed E-state index contributed by atoms with van der Waals surface area (Å²) in [6, 6.07) is 3.49. The van der Waals surface area contributed by atoms with Crippen molar-refractivity contribution < 1.29 is 5.11 Å². The highest BCUT2D eigenvalue weighted by Gasteiger charge is 2.18. The van der Waals surface area contributed by atoms with Crippen molar-refractivity contribution in [3.8, 4) is 17.0 Å². The third kappa shape index (κ3) is 2.04. The zero-order valence-electron chi connectivity index (χ0n) is 10.6. The molecule has 1 heterocycles. The fraction of sp³-hybridized carbons (Fsp3) is 0.308. The lowest BCUT2D eigenvalue weighted by atomic mass is 9.94. The van der Waals surface area contributed by atoms with E-state index in [9.17, 15) is 5.11 Å². The monoisotopic (exact) mass is 265 g/mol. The third-order valence-corrected chi connectivity index (χ3v) is 3.41. The van der Waals surface area contributed by atoms with E-state index in [2.05, 4.69) is 10.2 Å². The number of halogens is 1. The molecule has 0 aliphatic heterocycles.